The predicted molar refractivity (Wildman–Crippen MR) is 204 cm³/mol. The number of hydrogen-bond donors (Lipinski definition) is 1. The first-order valence-corrected chi connectivity index (χ1v) is 17.3. The van der Waals surface area contributed by atoms with Gasteiger partial charge in [-0.05, 0) is 54.6 Å². The third-order valence-electron chi connectivity index (χ3n) is 8.53. The van der Waals surface area contributed by atoms with E-state index in [1.54, 1.807) is 6.07 Å². The van der Waals surface area contributed by atoms with Crippen LogP contribution in [0.5, 0.6) is 17.4 Å². The molecule has 0 atom stereocenters. The first-order valence-electron chi connectivity index (χ1n) is 17.3. The van der Waals surface area contributed by atoms with Gasteiger partial charge < -0.3 is 19.0 Å². The molecule has 0 unspecified atom stereocenters. The van der Waals surface area contributed by atoms with Gasteiger partial charge in [0.2, 0.25) is 11.8 Å². The van der Waals surface area contributed by atoms with Crippen LogP contribution in [-0.4, -0.2) is 46.7 Å². The third-order valence-corrected chi connectivity index (χ3v) is 8.53. The van der Waals surface area contributed by atoms with E-state index in [2.05, 4.69) is 19.9 Å². The summed E-state index contributed by atoms with van der Waals surface area (Å²) in [5.41, 5.74) is -0.359. The molecule has 8 rings (SSSR count). The average molecular weight is 843 g/mol. The van der Waals surface area contributed by atoms with Gasteiger partial charge in [0.15, 0.2) is 12.6 Å². The van der Waals surface area contributed by atoms with Crippen molar-refractivity contribution in [1.29, 1.82) is 0 Å². The molecular formula is C42H25F7N6O6. The normalized spacial score (nSPS) is 10.7. The summed E-state index contributed by atoms with van der Waals surface area (Å²) >= 11 is 0. The minimum absolute atomic E-state index is 0.116. The van der Waals surface area contributed by atoms with E-state index in [9.17, 15) is 55.0 Å². The lowest BCUT2D eigenvalue weighted by molar-refractivity contribution is 0.111. The maximum absolute atomic E-state index is 14.0. The molecule has 0 bridgehead atoms. The van der Waals surface area contributed by atoms with Crippen molar-refractivity contribution in [3.05, 3.63) is 194 Å². The Hall–Kier alpha value is -8.09. The van der Waals surface area contributed by atoms with E-state index >= 15 is 0 Å². The topological polar surface area (TPSA) is 159 Å². The lowest BCUT2D eigenvalue weighted by Crippen LogP contribution is -2.14. The van der Waals surface area contributed by atoms with Crippen LogP contribution in [0.2, 0.25) is 0 Å². The van der Waals surface area contributed by atoms with Crippen LogP contribution in [0.15, 0.2) is 120 Å². The molecule has 0 radical (unpaired) electrons. The van der Waals surface area contributed by atoms with Gasteiger partial charge in [-0.25, -0.2) is 36.3 Å². The van der Waals surface area contributed by atoms with Gasteiger partial charge in [0, 0.05) is 65.0 Å². The van der Waals surface area contributed by atoms with Crippen molar-refractivity contribution in [3.8, 4) is 17.4 Å². The highest BCUT2D eigenvalue weighted by molar-refractivity contribution is 5.80. The summed E-state index contributed by atoms with van der Waals surface area (Å²) in [6, 6.07) is 16.4. The highest BCUT2D eigenvalue weighted by Crippen LogP contribution is 2.25. The molecule has 0 aliphatic carbocycles. The largest absolute Gasteiger partial charge is 0.508 e. The molecule has 4 heterocycles. The zero-order valence-electron chi connectivity index (χ0n) is 30.8. The lowest BCUT2D eigenvalue weighted by atomic mass is 10.1. The molecule has 4 aromatic carbocycles. The molecule has 0 amide bonds. The Morgan fingerprint density at radius 3 is 1.49 bits per heavy atom. The molecule has 0 saturated heterocycles. The number of aromatic hydroxyl groups is 1. The summed E-state index contributed by atoms with van der Waals surface area (Å²) in [4.78, 5) is 59.1. The Kier molecular flexibility index (Phi) is 13.0. The Balaban J connectivity index is 0.000000175. The molecule has 8 aromatic rings. The van der Waals surface area contributed by atoms with Crippen LogP contribution in [0.4, 0.5) is 30.7 Å². The van der Waals surface area contributed by atoms with Crippen molar-refractivity contribution in [2.75, 3.05) is 0 Å². The van der Waals surface area contributed by atoms with Gasteiger partial charge in [-0.2, -0.15) is 14.4 Å². The lowest BCUT2D eigenvalue weighted by Gasteiger charge is -2.12. The van der Waals surface area contributed by atoms with Crippen molar-refractivity contribution >= 4 is 34.4 Å². The van der Waals surface area contributed by atoms with Crippen LogP contribution in [0.3, 0.4) is 0 Å². The third kappa shape index (κ3) is 10.3. The van der Waals surface area contributed by atoms with Crippen LogP contribution >= 0.6 is 0 Å². The second-order valence-corrected chi connectivity index (χ2v) is 12.6. The molecule has 61 heavy (non-hydrogen) atoms. The number of aromatic nitrogens is 6. The molecule has 308 valence electrons. The number of fused-ring (bicyclic) bond motifs is 2. The fraction of sp³-hybridized carbons (Fsp3) is 0.0476. The fourth-order valence-corrected chi connectivity index (χ4v) is 5.59. The minimum Gasteiger partial charge on any atom is -0.508 e. The number of carbonyl (C=O) groups excluding carboxylic acids is 2. The molecule has 0 aliphatic rings. The Bertz CT molecular complexity index is 2990. The van der Waals surface area contributed by atoms with Gasteiger partial charge in [0.05, 0.1) is 47.6 Å². The maximum Gasteiger partial charge on any atom is 0.280 e. The van der Waals surface area contributed by atoms with E-state index in [1.165, 1.54) is 70.1 Å². The van der Waals surface area contributed by atoms with Gasteiger partial charge in [-0.3, -0.25) is 19.2 Å². The first-order chi connectivity index (χ1) is 29.2. The number of phenols is 1. The van der Waals surface area contributed by atoms with E-state index in [-0.39, 0.29) is 52.4 Å². The second-order valence-electron chi connectivity index (χ2n) is 12.6. The highest BCUT2D eigenvalue weighted by atomic mass is 19.2. The van der Waals surface area contributed by atoms with Crippen molar-refractivity contribution in [2.24, 2.45) is 0 Å². The van der Waals surface area contributed by atoms with E-state index in [4.69, 9.17) is 4.74 Å². The SMILES string of the molecule is O=Cc1ccc(F)nc1.O=Cc1ccc(Oc2ccc3c(c2)c(=O)ncn3Cc2c(F)cc(F)cc2F)nc1.O=c1ncn(Cc2c(F)cc(F)cc2F)c2ccc(O)cc12. The van der Waals surface area contributed by atoms with E-state index in [0.717, 1.165) is 18.7 Å². The number of nitrogens with zero attached hydrogens (tertiary/aromatic N) is 6. The van der Waals surface area contributed by atoms with Crippen LogP contribution in [-0.2, 0) is 13.1 Å². The quantitative estimate of drug-likeness (QED) is 0.0925. The molecule has 0 saturated carbocycles. The molecular weight excluding hydrogens is 817 g/mol. The molecule has 0 fully saturated rings. The van der Waals surface area contributed by atoms with Crippen LogP contribution in [0, 0.1) is 40.9 Å². The number of carbonyl (C=O) groups is 2. The van der Waals surface area contributed by atoms with E-state index < -0.39 is 52.0 Å². The predicted octanol–water partition coefficient (Wildman–Crippen LogP) is 7.46. The summed E-state index contributed by atoms with van der Waals surface area (Å²) in [5.74, 6) is -6.35. The summed E-state index contributed by atoms with van der Waals surface area (Å²) in [5, 5.41) is 9.69. The maximum atomic E-state index is 14.0. The smallest absolute Gasteiger partial charge is 0.280 e. The van der Waals surface area contributed by atoms with Gasteiger partial charge in [-0.1, -0.05) is 0 Å². The molecule has 0 spiro atoms. The summed E-state index contributed by atoms with van der Waals surface area (Å²) in [7, 11) is 0. The van der Waals surface area contributed by atoms with Crippen molar-refractivity contribution in [2.45, 2.75) is 13.1 Å². The van der Waals surface area contributed by atoms with Crippen LogP contribution in [0.1, 0.15) is 31.8 Å². The number of ether oxygens (including phenoxy) is 1. The van der Waals surface area contributed by atoms with Crippen molar-refractivity contribution in [1.82, 2.24) is 29.1 Å². The molecule has 19 heteroatoms. The van der Waals surface area contributed by atoms with E-state index in [0.29, 0.717) is 59.0 Å². The Labute approximate surface area is 337 Å². The number of benzene rings is 4. The van der Waals surface area contributed by atoms with Gasteiger partial charge in [0.1, 0.15) is 46.4 Å². The summed E-state index contributed by atoms with van der Waals surface area (Å²) in [6.45, 7) is -0.566. The number of rotatable bonds is 8. The second kappa shape index (κ2) is 18.7. The van der Waals surface area contributed by atoms with Crippen LogP contribution < -0.4 is 15.9 Å². The van der Waals surface area contributed by atoms with Gasteiger partial charge in [-0.15, -0.1) is 0 Å². The number of halogens is 7. The zero-order valence-corrected chi connectivity index (χ0v) is 30.8. The van der Waals surface area contributed by atoms with Crippen LogP contribution in [0.25, 0.3) is 21.8 Å². The van der Waals surface area contributed by atoms with Gasteiger partial charge in [0.25, 0.3) is 11.1 Å². The number of hydrogen-bond acceptors (Lipinski definition) is 10. The number of phenolic OH excluding ortho intramolecular Hbond substituents is 1. The summed E-state index contributed by atoms with van der Waals surface area (Å²) < 4.78 is 102. The molecule has 0 aliphatic heterocycles. The molecule has 4 aromatic heterocycles. The minimum atomic E-state index is -1.04. The number of aldehydes is 2. The monoisotopic (exact) mass is 842 g/mol. The summed E-state index contributed by atoms with van der Waals surface area (Å²) in [6.07, 6.45) is 6.09. The van der Waals surface area contributed by atoms with Crippen molar-refractivity contribution in [3.63, 3.8) is 0 Å². The zero-order chi connectivity index (χ0) is 43.8. The standard InChI is InChI=1S/C21H12F3N3O3.C15H9F3N2O2.C6H4FNO/c22-13-5-17(23)16(18(24)6-13)9-27-11-26-21(29)15-7-14(2-3-19(15)27)30-20-4-1-12(10-28)8-25-20;16-8-3-12(17)11(13(18)4-8)6-20-7-19-15(22)10-5-9(21)1-2-14(10)20;7-6-2-1-5(4-9)3-8-6/h1-8,10-11H,9H2;1-5,7,21H,6H2;1-4H. The fourth-order valence-electron chi connectivity index (χ4n) is 5.59. The average Bonchev–Trinajstić information content (AvgIpc) is 3.23. The van der Waals surface area contributed by atoms with Gasteiger partial charge >= 0.3 is 0 Å². The molecule has 1 N–H and O–H groups in total. The molecule has 12 nitrogen and oxygen atoms in total. The van der Waals surface area contributed by atoms with Crippen molar-refractivity contribution < 1.29 is 50.2 Å². The Morgan fingerprint density at radius 1 is 0.557 bits per heavy atom. The van der Waals surface area contributed by atoms with E-state index in [1.807, 2.05) is 0 Å². The first kappa shape index (κ1) is 42.5. The number of pyridine rings is 2. The Morgan fingerprint density at radius 2 is 1.03 bits per heavy atom. The highest BCUT2D eigenvalue weighted by Gasteiger charge is 2.16.